The van der Waals surface area contributed by atoms with Crippen molar-refractivity contribution in [1.29, 1.82) is 0 Å². The molecule has 0 aromatic heterocycles. The molecule has 0 aromatic carbocycles. The number of hydrogen-bond donors (Lipinski definition) is 0. The zero-order chi connectivity index (χ0) is 0. The molecule has 5 heavy (non-hydrogen) atoms. The van der Waals surface area contributed by atoms with Gasteiger partial charge >= 0.3 is 34.0 Å². The minimum atomic E-state index is 0. The fourth-order valence-corrected chi connectivity index (χ4v) is 0. The first kappa shape index (κ1) is 47.1. The van der Waals surface area contributed by atoms with Crippen molar-refractivity contribution >= 4 is 34.0 Å². The van der Waals surface area contributed by atoms with E-state index in [4.69, 9.17) is 0 Å². The van der Waals surface area contributed by atoms with Gasteiger partial charge in [-0.3, -0.25) is 0 Å². The molecule has 5 heteroatoms. The fourth-order valence-electron chi connectivity index (χ4n) is 0. The van der Waals surface area contributed by atoms with E-state index in [1.165, 1.54) is 0 Å². The number of rotatable bonds is 0. The van der Waals surface area contributed by atoms with Crippen molar-refractivity contribution in [3.63, 3.8) is 0 Å². The Balaban J connectivity index is 0. The Hall–Kier alpha value is 2.72. The van der Waals surface area contributed by atoms with E-state index in [1.807, 2.05) is 0 Å². The van der Waals surface area contributed by atoms with Crippen molar-refractivity contribution in [2.75, 3.05) is 0 Å². The van der Waals surface area contributed by atoms with Crippen molar-refractivity contribution in [3.05, 3.63) is 0 Å². The second-order valence-corrected chi connectivity index (χ2v) is 0. The maximum absolute atomic E-state index is 0. The van der Waals surface area contributed by atoms with Crippen LogP contribution in [0.3, 0.4) is 0 Å². The van der Waals surface area contributed by atoms with Crippen LogP contribution in [-0.4, -0.2) is 34.0 Å². The van der Waals surface area contributed by atoms with E-state index in [0.29, 0.717) is 0 Å². The standard InChI is InChI=1S/Ag.Be.Cu.Ni.Sn.4H. The summed E-state index contributed by atoms with van der Waals surface area (Å²) in [6.07, 6.45) is 0. The SMILES string of the molecule is [Ag].[BeH2].[Cu].[Ni].[SnH2]. The van der Waals surface area contributed by atoms with Gasteiger partial charge in [0.25, 0.3) is 0 Å². The second kappa shape index (κ2) is 29.7. The molecule has 0 N–H and O–H groups in total. The van der Waals surface area contributed by atoms with Gasteiger partial charge in [0.15, 0.2) is 0 Å². The average molecular weight is 362 g/mol. The van der Waals surface area contributed by atoms with Crippen molar-refractivity contribution in [2.45, 2.75) is 0 Å². The molecule has 0 spiro atoms. The summed E-state index contributed by atoms with van der Waals surface area (Å²) in [4.78, 5) is 0. The molecule has 0 aromatic rings. The first-order valence-electron chi connectivity index (χ1n) is 0. The van der Waals surface area contributed by atoms with Crippen LogP contribution in [0.4, 0.5) is 0 Å². The third-order valence-corrected chi connectivity index (χ3v) is 0. The van der Waals surface area contributed by atoms with E-state index < -0.39 is 0 Å². The topological polar surface area (TPSA) is 0 Å². The summed E-state index contributed by atoms with van der Waals surface area (Å²) in [7, 11) is 0. The van der Waals surface area contributed by atoms with E-state index in [-0.39, 0.29) is 90.0 Å². The first-order chi connectivity index (χ1) is 0. The first-order valence-corrected chi connectivity index (χ1v) is 0. The third-order valence-electron chi connectivity index (χ3n) is 0. The second-order valence-electron chi connectivity index (χ2n) is 0. The van der Waals surface area contributed by atoms with Crippen molar-refractivity contribution in [1.82, 2.24) is 0 Å². The van der Waals surface area contributed by atoms with Crippen LogP contribution >= 0.6 is 0 Å². The molecule has 0 rings (SSSR count). The molecule has 0 aliphatic carbocycles. The van der Waals surface area contributed by atoms with Crippen molar-refractivity contribution in [2.24, 2.45) is 0 Å². The normalized spacial score (nSPS) is 0. The van der Waals surface area contributed by atoms with Crippen molar-refractivity contribution < 1.29 is 55.9 Å². The minimum absolute atomic E-state index is 0. The van der Waals surface area contributed by atoms with E-state index in [0.717, 1.165) is 0 Å². The van der Waals surface area contributed by atoms with Gasteiger partial charge in [-0.15, -0.1) is 0 Å². The van der Waals surface area contributed by atoms with Gasteiger partial charge < -0.3 is 0 Å². The molecular formula is H4AgBeCuNiSn. The molecule has 4 radical (unpaired) electrons. The molecule has 0 atom stereocenters. The number of hydrogen-bond acceptors (Lipinski definition) is 0. The zero-order valence-electron chi connectivity index (χ0n) is 1.63. The van der Waals surface area contributed by atoms with E-state index >= 15 is 0 Å². The third kappa shape index (κ3) is 20.2. The molecule has 0 bridgehead atoms. The van der Waals surface area contributed by atoms with Crippen molar-refractivity contribution in [3.8, 4) is 0 Å². The van der Waals surface area contributed by atoms with Gasteiger partial charge in [0.2, 0.25) is 0 Å². The molecule has 0 saturated heterocycles. The van der Waals surface area contributed by atoms with E-state index in [2.05, 4.69) is 0 Å². The quantitative estimate of drug-likeness (QED) is 0.445. The van der Waals surface area contributed by atoms with Gasteiger partial charge in [0, 0.05) is 55.9 Å². The van der Waals surface area contributed by atoms with E-state index in [1.54, 1.807) is 0 Å². The Labute approximate surface area is 88.7 Å². The van der Waals surface area contributed by atoms with Gasteiger partial charge in [-0.1, -0.05) is 0 Å². The molecule has 0 nitrogen and oxygen atoms in total. The van der Waals surface area contributed by atoms with Gasteiger partial charge in [-0.25, -0.2) is 0 Å². The monoisotopic (exact) mass is 361 g/mol. The summed E-state index contributed by atoms with van der Waals surface area (Å²) < 4.78 is 0. The van der Waals surface area contributed by atoms with Crippen LogP contribution in [0, 0.1) is 0 Å². The van der Waals surface area contributed by atoms with E-state index in [9.17, 15) is 0 Å². The molecule has 42 valence electrons. The van der Waals surface area contributed by atoms with Gasteiger partial charge in [-0.2, -0.15) is 0 Å². The van der Waals surface area contributed by atoms with Gasteiger partial charge in [-0.05, 0) is 0 Å². The molecule has 0 amide bonds. The predicted molar refractivity (Wildman–Crippen MR) is 17.1 cm³/mol. The Morgan fingerprint density at radius 3 is 1.00 bits per heavy atom. The summed E-state index contributed by atoms with van der Waals surface area (Å²) >= 11 is 0. The Morgan fingerprint density at radius 2 is 1.00 bits per heavy atom. The molecule has 0 fully saturated rings. The summed E-state index contributed by atoms with van der Waals surface area (Å²) in [6, 6.07) is 0. The summed E-state index contributed by atoms with van der Waals surface area (Å²) in [5.74, 6) is 0. The van der Waals surface area contributed by atoms with Crippen LogP contribution in [0.25, 0.3) is 0 Å². The van der Waals surface area contributed by atoms with Crippen LogP contribution in [0.15, 0.2) is 0 Å². The Kier molecular flexibility index (Phi) is 280. The fraction of sp³-hybridized carbons (Fsp3) is 0. The van der Waals surface area contributed by atoms with Crippen LogP contribution in [0.1, 0.15) is 0 Å². The van der Waals surface area contributed by atoms with Crippen LogP contribution in [0.5, 0.6) is 0 Å². The average Bonchev–Trinajstić information content (AvgIpc) is 0. The van der Waals surface area contributed by atoms with Gasteiger partial charge in [0.05, 0.1) is 0 Å². The summed E-state index contributed by atoms with van der Waals surface area (Å²) in [5.41, 5.74) is 0. The maximum atomic E-state index is 0. The van der Waals surface area contributed by atoms with Crippen LogP contribution in [-0.2, 0) is 55.9 Å². The predicted octanol–water partition coefficient (Wildman–Crippen LogP) is -1.84. The molecular weight excluding hydrogens is 358 g/mol. The zero-order valence-corrected chi connectivity index (χ0v) is 9.07. The molecule has 0 aliphatic rings. The molecule has 0 aliphatic heterocycles. The Morgan fingerprint density at radius 1 is 1.00 bits per heavy atom. The Bertz CT molecular complexity index is 11.6. The van der Waals surface area contributed by atoms with Crippen LogP contribution < -0.4 is 0 Å². The summed E-state index contributed by atoms with van der Waals surface area (Å²) in [5, 5.41) is 0. The molecule has 0 saturated carbocycles. The van der Waals surface area contributed by atoms with Crippen LogP contribution in [0.2, 0.25) is 0 Å². The molecule has 0 unspecified atom stereocenters. The summed E-state index contributed by atoms with van der Waals surface area (Å²) in [6.45, 7) is 0. The molecule has 0 heterocycles. The van der Waals surface area contributed by atoms with Gasteiger partial charge in [0.1, 0.15) is 0 Å².